The van der Waals surface area contributed by atoms with Crippen LogP contribution in [0.1, 0.15) is 51.9 Å². The number of likely N-dealkylation sites (N-methyl/N-ethyl adjacent to an activating group) is 2. The van der Waals surface area contributed by atoms with Gasteiger partial charge in [-0.3, -0.25) is 4.79 Å². The van der Waals surface area contributed by atoms with Gasteiger partial charge in [-0.05, 0) is 55.6 Å². The number of carbonyl (C=O) groups excluding carboxylic acids is 2. The summed E-state index contributed by atoms with van der Waals surface area (Å²) in [6.45, 7) is 15.8. The second-order valence-corrected chi connectivity index (χ2v) is 8.17. The molecule has 0 radical (unpaired) electrons. The summed E-state index contributed by atoms with van der Waals surface area (Å²) in [4.78, 5) is 25.5. The van der Waals surface area contributed by atoms with Gasteiger partial charge in [0.25, 0.3) is 0 Å². The molecule has 1 aromatic carbocycles. The predicted octanol–water partition coefficient (Wildman–Crippen LogP) is 2.06. The minimum Gasteiger partial charge on any atom is -0.541 e. The fourth-order valence-corrected chi connectivity index (χ4v) is 1.68. The first kappa shape index (κ1) is 27.0. The first-order chi connectivity index (χ1) is 11.3. The van der Waals surface area contributed by atoms with Gasteiger partial charge in [-0.25, -0.2) is 0 Å². The van der Waals surface area contributed by atoms with Crippen LogP contribution in [-0.2, 0) is 21.9 Å². The molecule has 0 atom stereocenters. The molecule has 6 heteroatoms. The quantitative estimate of drug-likeness (QED) is 0.420. The fourth-order valence-electron chi connectivity index (χ4n) is 1.68. The Balaban J connectivity index is 0. The number of benzene rings is 1. The van der Waals surface area contributed by atoms with E-state index in [4.69, 9.17) is 0 Å². The Bertz CT molecular complexity index is 528. The number of carboxylic acids is 1. The summed E-state index contributed by atoms with van der Waals surface area (Å²) < 4.78 is 0. The minimum absolute atomic E-state index is 0. The summed E-state index contributed by atoms with van der Waals surface area (Å²) in [7, 11) is 4.38. The van der Waals surface area contributed by atoms with Crippen LogP contribution in [0.3, 0.4) is 0 Å². The zero-order valence-electron chi connectivity index (χ0n) is 17.2. The molecular formula is C20H33CuN2O3. The molecule has 152 valence electrons. The number of hydrogen-bond donors (Lipinski definition) is 0. The fraction of sp³-hybridized carbons (Fsp3) is 0.600. The van der Waals surface area contributed by atoms with E-state index >= 15 is 0 Å². The number of carbonyl (C=O) groups is 2. The van der Waals surface area contributed by atoms with E-state index in [1.54, 1.807) is 18.2 Å². The van der Waals surface area contributed by atoms with Crippen molar-refractivity contribution in [2.75, 3.05) is 27.2 Å². The Labute approximate surface area is 169 Å². The minimum atomic E-state index is -1.67. The summed E-state index contributed by atoms with van der Waals surface area (Å²) in [5, 5.41) is 10.0. The van der Waals surface area contributed by atoms with Gasteiger partial charge in [-0.15, -0.1) is 0 Å². The van der Waals surface area contributed by atoms with E-state index in [1.165, 1.54) is 12.1 Å². The Morgan fingerprint density at radius 2 is 1.19 bits per heavy atom. The van der Waals surface area contributed by atoms with Crippen LogP contribution in [0.2, 0.25) is 0 Å². The van der Waals surface area contributed by atoms with Crippen molar-refractivity contribution in [2.45, 2.75) is 52.6 Å². The predicted molar refractivity (Wildman–Crippen MR) is 101 cm³/mol. The number of rotatable bonds is 5. The van der Waals surface area contributed by atoms with Crippen molar-refractivity contribution in [3.05, 3.63) is 35.9 Å². The molecule has 0 bridgehead atoms. The van der Waals surface area contributed by atoms with Gasteiger partial charge in [-0.2, -0.15) is 0 Å². The van der Waals surface area contributed by atoms with Crippen LogP contribution in [0.4, 0.5) is 0 Å². The maximum atomic E-state index is 10.7. The zero-order chi connectivity index (χ0) is 19.8. The van der Waals surface area contributed by atoms with E-state index in [-0.39, 0.29) is 33.7 Å². The monoisotopic (exact) mass is 412 g/mol. The third kappa shape index (κ3) is 10.7. The normalized spacial score (nSPS) is 11.5. The number of hydrogen-bond acceptors (Lipinski definition) is 5. The molecule has 0 aliphatic rings. The van der Waals surface area contributed by atoms with Gasteiger partial charge < -0.3 is 19.7 Å². The van der Waals surface area contributed by atoms with Crippen molar-refractivity contribution >= 4 is 11.8 Å². The molecule has 0 aliphatic carbocycles. The maximum Gasteiger partial charge on any atom is 1.00 e. The number of Topliss-reactive ketones (excluding diaryl/α,β-unsaturated/α-hetero) is 1. The smallest absolute Gasteiger partial charge is 0.541 e. The second-order valence-electron chi connectivity index (χ2n) is 8.17. The SMILES string of the molecule is CN(CCN(C)C(C)(C)C)C(C)(C)C.O=C([O-])C(=O)c1ccccc1.[Cu+]. The molecule has 26 heavy (non-hydrogen) atoms. The molecular weight excluding hydrogens is 380 g/mol. The van der Waals surface area contributed by atoms with E-state index in [0.29, 0.717) is 0 Å². The van der Waals surface area contributed by atoms with Gasteiger partial charge in [0, 0.05) is 29.7 Å². The van der Waals surface area contributed by atoms with Crippen molar-refractivity contribution in [1.82, 2.24) is 9.80 Å². The molecule has 0 saturated carbocycles. The number of aliphatic carboxylic acids is 1. The first-order valence-electron chi connectivity index (χ1n) is 8.50. The molecule has 0 saturated heterocycles. The molecule has 0 aliphatic heterocycles. The van der Waals surface area contributed by atoms with Crippen LogP contribution < -0.4 is 5.11 Å². The van der Waals surface area contributed by atoms with Crippen molar-refractivity contribution in [2.24, 2.45) is 0 Å². The maximum absolute atomic E-state index is 10.7. The van der Waals surface area contributed by atoms with Crippen LogP contribution in [0.15, 0.2) is 30.3 Å². The van der Waals surface area contributed by atoms with Crippen LogP contribution in [0.5, 0.6) is 0 Å². The molecule has 1 rings (SSSR count). The average molecular weight is 413 g/mol. The Morgan fingerprint density at radius 3 is 1.46 bits per heavy atom. The van der Waals surface area contributed by atoms with Crippen molar-refractivity contribution in [1.29, 1.82) is 0 Å². The summed E-state index contributed by atoms with van der Waals surface area (Å²) in [6, 6.07) is 7.74. The number of nitrogens with zero attached hydrogens (tertiary/aromatic N) is 2. The molecule has 1 aromatic rings. The average Bonchev–Trinajstić information content (AvgIpc) is 2.50. The summed E-state index contributed by atoms with van der Waals surface area (Å²) in [6.07, 6.45) is 0. The molecule has 0 heterocycles. The third-order valence-electron chi connectivity index (χ3n) is 4.28. The third-order valence-corrected chi connectivity index (χ3v) is 4.28. The molecule has 0 unspecified atom stereocenters. The molecule has 0 aromatic heterocycles. The van der Waals surface area contributed by atoms with Crippen molar-refractivity contribution in [3.8, 4) is 0 Å². The van der Waals surface area contributed by atoms with Crippen molar-refractivity contribution < 1.29 is 31.8 Å². The van der Waals surface area contributed by atoms with E-state index in [2.05, 4.69) is 65.4 Å². The molecule has 0 spiro atoms. The van der Waals surface area contributed by atoms with Gasteiger partial charge in [-0.1, -0.05) is 30.3 Å². The molecule has 5 nitrogen and oxygen atoms in total. The zero-order valence-corrected chi connectivity index (χ0v) is 18.2. The van der Waals surface area contributed by atoms with E-state index in [1.807, 2.05) is 0 Å². The van der Waals surface area contributed by atoms with Gasteiger partial charge in [0.2, 0.25) is 5.78 Å². The van der Waals surface area contributed by atoms with E-state index in [0.717, 1.165) is 13.1 Å². The van der Waals surface area contributed by atoms with Crippen molar-refractivity contribution in [3.63, 3.8) is 0 Å². The van der Waals surface area contributed by atoms with E-state index < -0.39 is 11.8 Å². The molecule has 0 fully saturated rings. The molecule has 0 N–H and O–H groups in total. The van der Waals surface area contributed by atoms with Gasteiger partial charge in [0.05, 0.1) is 0 Å². The Hall–Kier alpha value is -1.20. The van der Waals surface area contributed by atoms with Crippen LogP contribution >= 0.6 is 0 Å². The Morgan fingerprint density at radius 1 is 0.846 bits per heavy atom. The van der Waals surface area contributed by atoms with E-state index in [9.17, 15) is 14.7 Å². The number of carboxylic acid groups (broad SMARTS) is 1. The largest absolute Gasteiger partial charge is 1.00 e. The second kappa shape index (κ2) is 11.5. The molecule has 0 amide bonds. The Kier molecular flexibility index (Phi) is 12.0. The summed E-state index contributed by atoms with van der Waals surface area (Å²) in [5.74, 6) is -2.65. The standard InChI is InChI=1S/C12H28N2.C8H6O3.Cu/c1-11(2,3)13(7)9-10-14(8)12(4,5)6;9-7(8(10)11)6-4-2-1-3-5-6;/h9-10H2,1-8H3;1-5H,(H,10,11);/q;;+1/p-1. The van der Waals surface area contributed by atoms with Crippen LogP contribution in [-0.4, -0.2) is 59.8 Å². The van der Waals surface area contributed by atoms with Crippen LogP contribution in [0.25, 0.3) is 0 Å². The summed E-state index contributed by atoms with van der Waals surface area (Å²) >= 11 is 0. The van der Waals surface area contributed by atoms with Crippen LogP contribution in [0, 0.1) is 0 Å². The summed E-state index contributed by atoms with van der Waals surface area (Å²) in [5.41, 5.74) is 0.699. The van der Waals surface area contributed by atoms with Gasteiger partial charge in [0.1, 0.15) is 5.97 Å². The topological polar surface area (TPSA) is 63.7 Å². The van der Waals surface area contributed by atoms with Gasteiger partial charge >= 0.3 is 17.1 Å². The number of ketones is 1. The van der Waals surface area contributed by atoms with Gasteiger partial charge in [0.15, 0.2) is 0 Å². The first-order valence-corrected chi connectivity index (χ1v) is 8.50.